The minimum absolute atomic E-state index is 0.225. The largest absolute Gasteiger partial charge is 0.370 e. The Morgan fingerprint density at radius 1 is 0.837 bits per heavy atom. The number of hydrogen-bond acceptors (Lipinski definition) is 7. The standard InChI is InChI=1S/C17H19Cl2N3.C17H21N3O2.Cl3OP/c1-10(2)12-5-4-11(3)15(8-12)22-7-6-14-13(9-22)16(18)21-17(19)20-14;1-10(2)12-5-4-11(3)15(8-12)20-7-6-14-13(9-20)16(21)19-17(22)18-14;1-5(2,3)4/h4-5,8,10H,6-7,9H2,1-3H3;4-5,8,10,13H,6-7,9H2,1-3H3,(H,19,21,22);. The first-order chi connectivity index (χ1) is 22.9. The van der Waals surface area contributed by atoms with Gasteiger partial charge in [0.25, 0.3) is 0 Å². The predicted molar refractivity (Wildman–Crippen MR) is 204 cm³/mol. The first-order valence-corrected chi connectivity index (χ1v) is 21.1. The first-order valence-electron chi connectivity index (χ1n) is 15.9. The van der Waals surface area contributed by atoms with Gasteiger partial charge in [-0.1, -0.05) is 63.6 Å². The van der Waals surface area contributed by atoms with E-state index >= 15 is 0 Å². The summed E-state index contributed by atoms with van der Waals surface area (Å²) in [7, 11) is 0. The summed E-state index contributed by atoms with van der Waals surface area (Å²) in [6.07, 6.45) is 1.50. The van der Waals surface area contributed by atoms with Gasteiger partial charge in [-0.3, -0.25) is 14.7 Å². The minimum atomic E-state index is -3.22. The number of aliphatic imine (C=N–C) groups is 1. The fourth-order valence-electron chi connectivity index (χ4n) is 5.98. The molecule has 1 unspecified atom stereocenters. The molecule has 1 atom stereocenters. The number of aryl methyl sites for hydroxylation is 2. The molecular weight excluding hydrogens is 749 g/mol. The molecule has 1 saturated heterocycles. The zero-order valence-electron chi connectivity index (χ0n) is 28.2. The van der Waals surface area contributed by atoms with Gasteiger partial charge >= 0.3 is 11.2 Å². The Bertz CT molecular complexity index is 1790. The van der Waals surface area contributed by atoms with Crippen LogP contribution in [0, 0.1) is 19.8 Å². The average molecular weight is 789 g/mol. The zero-order chi connectivity index (χ0) is 36.2. The number of fused-ring (bicyclic) bond motifs is 2. The molecule has 2 aromatic carbocycles. The second-order valence-electron chi connectivity index (χ2n) is 12.8. The van der Waals surface area contributed by atoms with Crippen LogP contribution in [-0.2, 0) is 22.3 Å². The van der Waals surface area contributed by atoms with E-state index < -0.39 is 11.2 Å². The smallest absolute Gasteiger partial charge is 0.347 e. The van der Waals surface area contributed by atoms with Gasteiger partial charge in [0.15, 0.2) is 0 Å². The lowest BCUT2D eigenvalue weighted by Gasteiger charge is -2.36. The van der Waals surface area contributed by atoms with Gasteiger partial charge in [-0.15, -0.1) is 0 Å². The summed E-state index contributed by atoms with van der Waals surface area (Å²) >= 11 is 26.0. The summed E-state index contributed by atoms with van der Waals surface area (Å²) in [6, 6.07) is 12.7. The Morgan fingerprint density at radius 2 is 1.37 bits per heavy atom. The third-order valence-electron chi connectivity index (χ3n) is 8.70. The fraction of sp³-hybridized carbons (Fsp3) is 0.441. The van der Waals surface area contributed by atoms with E-state index in [9.17, 15) is 14.2 Å². The number of nitrogens with zero attached hydrogens (tertiary/aromatic N) is 5. The van der Waals surface area contributed by atoms with Crippen molar-refractivity contribution in [2.75, 3.05) is 29.4 Å². The van der Waals surface area contributed by atoms with Crippen LogP contribution in [0.15, 0.2) is 41.4 Å². The van der Waals surface area contributed by atoms with Crippen molar-refractivity contribution in [2.45, 2.75) is 72.8 Å². The van der Waals surface area contributed by atoms with Crippen LogP contribution in [0.1, 0.15) is 79.5 Å². The van der Waals surface area contributed by atoms with Crippen molar-refractivity contribution >= 4 is 91.1 Å². The van der Waals surface area contributed by atoms with Gasteiger partial charge < -0.3 is 9.80 Å². The number of urea groups is 1. The Hall–Kier alpha value is -2.39. The van der Waals surface area contributed by atoms with Gasteiger partial charge in [0, 0.05) is 61.7 Å². The highest BCUT2D eigenvalue weighted by atomic mass is 36.0. The molecule has 4 heterocycles. The number of benzene rings is 2. The lowest BCUT2D eigenvalue weighted by atomic mass is 9.92. The zero-order valence-corrected chi connectivity index (χ0v) is 32.9. The number of nitrogens with one attached hydrogen (secondary N) is 1. The molecule has 1 aromatic heterocycles. The summed E-state index contributed by atoms with van der Waals surface area (Å²) in [4.78, 5) is 40.3. The quantitative estimate of drug-likeness (QED) is 0.159. The van der Waals surface area contributed by atoms with Crippen molar-refractivity contribution in [3.63, 3.8) is 0 Å². The molecule has 3 aliphatic rings. The van der Waals surface area contributed by atoms with E-state index in [0.717, 1.165) is 43.0 Å². The van der Waals surface area contributed by atoms with Crippen LogP contribution in [0.5, 0.6) is 0 Å². The second kappa shape index (κ2) is 16.8. The van der Waals surface area contributed by atoms with Gasteiger partial charge in [0.1, 0.15) is 5.15 Å². The molecule has 1 N–H and O–H groups in total. The number of imide groups is 1. The summed E-state index contributed by atoms with van der Waals surface area (Å²) in [6.45, 7) is 16.0. The molecule has 9 nitrogen and oxygen atoms in total. The molecule has 0 aliphatic carbocycles. The van der Waals surface area contributed by atoms with Crippen LogP contribution in [-0.4, -0.2) is 47.3 Å². The molecule has 264 valence electrons. The molecule has 6 rings (SSSR count). The van der Waals surface area contributed by atoms with Crippen molar-refractivity contribution in [3.05, 3.63) is 80.3 Å². The molecule has 0 bridgehead atoms. The van der Waals surface area contributed by atoms with Crippen LogP contribution in [0.3, 0.4) is 0 Å². The van der Waals surface area contributed by atoms with Crippen molar-refractivity contribution in [1.82, 2.24) is 15.3 Å². The number of halogens is 5. The molecule has 0 radical (unpaired) electrons. The van der Waals surface area contributed by atoms with E-state index in [0.29, 0.717) is 30.0 Å². The van der Waals surface area contributed by atoms with Gasteiger partial charge in [0.05, 0.1) is 11.6 Å². The molecule has 3 amide bonds. The van der Waals surface area contributed by atoms with Crippen LogP contribution >= 0.6 is 62.1 Å². The van der Waals surface area contributed by atoms with Crippen molar-refractivity contribution in [2.24, 2.45) is 10.9 Å². The van der Waals surface area contributed by atoms with Crippen molar-refractivity contribution < 1.29 is 14.2 Å². The first kappa shape index (κ1) is 39.4. The summed E-state index contributed by atoms with van der Waals surface area (Å²) < 4.78 is 9.51. The molecule has 15 heteroatoms. The van der Waals surface area contributed by atoms with Gasteiger partial charge in [-0.2, -0.15) is 0 Å². The Balaban J connectivity index is 0.000000194. The van der Waals surface area contributed by atoms with Gasteiger partial charge in [-0.05, 0) is 105 Å². The highest BCUT2D eigenvalue weighted by Crippen LogP contribution is 2.61. The van der Waals surface area contributed by atoms with Crippen LogP contribution in [0.25, 0.3) is 0 Å². The maximum absolute atomic E-state index is 12.0. The number of carbonyl (C=O) groups is 2. The molecule has 1 fully saturated rings. The number of anilines is 2. The third-order valence-corrected chi connectivity index (χ3v) is 9.18. The summed E-state index contributed by atoms with van der Waals surface area (Å²) in [5.74, 6) is 0.449. The van der Waals surface area contributed by atoms with E-state index in [2.05, 4.69) is 142 Å². The average Bonchev–Trinajstić information content (AvgIpc) is 3.00. The Kier molecular flexibility index (Phi) is 13.5. The molecule has 0 saturated carbocycles. The van der Waals surface area contributed by atoms with E-state index in [-0.39, 0.29) is 17.1 Å². The highest BCUT2D eigenvalue weighted by Gasteiger charge is 2.36. The third kappa shape index (κ3) is 10.8. The number of amides is 3. The Labute approximate surface area is 312 Å². The van der Waals surface area contributed by atoms with Crippen LogP contribution < -0.4 is 15.1 Å². The van der Waals surface area contributed by atoms with E-state index in [1.807, 2.05) is 0 Å². The Morgan fingerprint density at radius 3 is 1.92 bits per heavy atom. The minimum Gasteiger partial charge on any atom is -0.370 e. The maximum Gasteiger partial charge on any atom is 0.347 e. The monoisotopic (exact) mass is 786 g/mol. The molecule has 3 aliphatic heterocycles. The second-order valence-corrected chi connectivity index (χ2v) is 20.2. The number of hydrogen-bond donors (Lipinski definition) is 1. The predicted octanol–water partition coefficient (Wildman–Crippen LogP) is 10.2. The van der Waals surface area contributed by atoms with Gasteiger partial charge in [0.2, 0.25) is 11.2 Å². The molecule has 49 heavy (non-hydrogen) atoms. The molecule has 0 spiro atoms. The van der Waals surface area contributed by atoms with Crippen LogP contribution in [0.4, 0.5) is 16.2 Å². The van der Waals surface area contributed by atoms with Gasteiger partial charge in [-0.25, -0.2) is 19.8 Å². The SMILES string of the molecule is Cc1ccc(C(C)C)cc1N1CCC2=NC(=O)NC(=O)C2C1.Cc1ccc(C(C)C)cc1N1CCc2nc(Cl)nc(Cl)c2C1.O=P(Cl)(Cl)Cl. The highest BCUT2D eigenvalue weighted by molar-refractivity contribution is 8.24. The van der Waals surface area contributed by atoms with Crippen molar-refractivity contribution in [1.29, 1.82) is 0 Å². The summed E-state index contributed by atoms with van der Waals surface area (Å²) in [5.41, 5.74) is 10.3. The molecule has 3 aromatic rings. The summed E-state index contributed by atoms with van der Waals surface area (Å²) in [5, 5.41) is -0.218. The van der Waals surface area contributed by atoms with Crippen LogP contribution in [0.2, 0.25) is 10.4 Å². The lowest BCUT2D eigenvalue weighted by molar-refractivity contribution is -0.122. The number of piperidine rings is 1. The van der Waals surface area contributed by atoms with E-state index in [1.165, 1.54) is 33.6 Å². The van der Waals surface area contributed by atoms with E-state index in [4.69, 9.17) is 23.2 Å². The number of aromatic nitrogens is 2. The fourth-order valence-corrected chi connectivity index (χ4v) is 6.46. The lowest BCUT2D eigenvalue weighted by Crippen LogP contribution is -2.52. The van der Waals surface area contributed by atoms with Crippen molar-refractivity contribution in [3.8, 4) is 0 Å². The topological polar surface area (TPSA) is 108 Å². The number of rotatable bonds is 4. The molecular formula is C34H40Cl5N6O3P. The maximum atomic E-state index is 12.0. The van der Waals surface area contributed by atoms with E-state index in [1.54, 1.807) is 0 Å². The number of carbonyl (C=O) groups excluding carboxylic acids is 2. The normalized spacial score (nSPS) is 17.3.